The van der Waals surface area contributed by atoms with Gasteiger partial charge < -0.3 is 29.2 Å². The van der Waals surface area contributed by atoms with Crippen LogP contribution < -0.4 is 24.3 Å². The molecule has 1 heterocycles. The number of para-hydroxylation sites is 1. The fraction of sp³-hybridized carbons (Fsp3) is 0.188. The number of rotatable bonds is 8. The molecule has 8 heteroatoms. The number of carbonyl (C=O) groups excluding carboxylic acids is 2. The van der Waals surface area contributed by atoms with Crippen molar-refractivity contribution >= 4 is 17.5 Å². The van der Waals surface area contributed by atoms with E-state index in [0.717, 1.165) is 11.3 Å². The van der Waals surface area contributed by atoms with Crippen molar-refractivity contribution in [2.45, 2.75) is 12.0 Å². The Labute approximate surface area is 233 Å². The molecule has 0 radical (unpaired) electrons. The topological polar surface area (TPSA) is 86.3 Å². The molecule has 0 saturated carbocycles. The van der Waals surface area contributed by atoms with Crippen molar-refractivity contribution < 1.29 is 28.5 Å². The first kappa shape index (κ1) is 26.6. The van der Waals surface area contributed by atoms with Crippen LogP contribution in [0.3, 0.4) is 0 Å². The summed E-state index contributed by atoms with van der Waals surface area (Å²) in [6.45, 7) is 0. The summed E-state index contributed by atoms with van der Waals surface area (Å²) in [5.41, 5.74) is 2.34. The highest BCUT2D eigenvalue weighted by molar-refractivity contribution is 6.05. The fourth-order valence-corrected chi connectivity index (χ4v) is 5.00. The SMILES string of the molecule is COc1ccc(C2C(C(=O)Nc3ccc(Oc4ccccc4)cc3)c3cc(OC)c(OC)cc3C(=O)N2C)cc1. The lowest BCUT2D eigenvalue weighted by Gasteiger charge is -2.40. The van der Waals surface area contributed by atoms with E-state index in [4.69, 9.17) is 18.9 Å². The number of fused-ring (bicyclic) bond motifs is 1. The number of benzene rings is 4. The lowest BCUT2D eigenvalue weighted by atomic mass is 9.79. The Hall–Kier alpha value is -4.98. The summed E-state index contributed by atoms with van der Waals surface area (Å²) in [6, 6.07) is 26.8. The normalized spacial score (nSPS) is 16.1. The van der Waals surface area contributed by atoms with Crippen LogP contribution in [-0.4, -0.2) is 45.1 Å². The van der Waals surface area contributed by atoms with Crippen LogP contribution in [0.4, 0.5) is 5.69 Å². The maximum Gasteiger partial charge on any atom is 0.254 e. The van der Waals surface area contributed by atoms with E-state index >= 15 is 0 Å². The zero-order valence-corrected chi connectivity index (χ0v) is 22.7. The molecule has 1 aliphatic rings. The molecule has 40 heavy (non-hydrogen) atoms. The van der Waals surface area contributed by atoms with E-state index in [-0.39, 0.29) is 11.8 Å². The van der Waals surface area contributed by atoms with Gasteiger partial charge in [0, 0.05) is 18.3 Å². The van der Waals surface area contributed by atoms with Gasteiger partial charge in [-0.3, -0.25) is 9.59 Å². The van der Waals surface area contributed by atoms with Crippen molar-refractivity contribution in [1.82, 2.24) is 4.90 Å². The van der Waals surface area contributed by atoms with Crippen LogP contribution in [0.25, 0.3) is 0 Å². The number of anilines is 1. The van der Waals surface area contributed by atoms with Gasteiger partial charge in [0.1, 0.15) is 17.2 Å². The van der Waals surface area contributed by atoms with Gasteiger partial charge in [0.25, 0.3) is 5.91 Å². The molecule has 4 aromatic carbocycles. The Balaban J connectivity index is 1.51. The Bertz CT molecular complexity index is 1500. The molecule has 1 aliphatic heterocycles. The smallest absolute Gasteiger partial charge is 0.254 e. The van der Waals surface area contributed by atoms with Crippen molar-refractivity contribution in [1.29, 1.82) is 0 Å². The third-order valence-corrected chi connectivity index (χ3v) is 7.02. The van der Waals surface area contributed by atoms with Gasteiger partial charge in [-0.1, -0.05) is 30.3 Å². The zero-order valence-electron chi connectivity index (χ0n) is 22.7. The highest BCUT2D eigenvalue weighted by Gasteiger charge is 2.43. The number of nitrogens with zero attached hydrogens (tertiary/aromatic N) is 1. The zero-order chi connectivity index (χ0) is 28.2. The van der Waals surface area contributed by atoms with E-state index in [1.54, 1.807) is 55.5 Å². The highest BCUT2D eigenvalue weighted by atomic mass is 16.5. The van der Waals surface area contributed by atoms with E-state index < -0.39 is 12.0 Å². The molecule has 0 aromatic heterocycles. The number of hydrogen-bond acceptors (Lipinski definition) is 6. The molecular formula is C32H30N2O6. The van der Waals surface area contributed by atoms with Crippen LogP contribution in [-0.2, 0) is 4.79 Å². The van der Waals surface area contributed by atoms with E-state index in [0.29, 0.717) is 39.8 Å². The van der Waals surface area contributed by atoms with Gasteiger partial charge in [0.05, 0.1) is 33.3 Å². The van der Waals surface area contributed by atoms with Crippen LogP contribution in [0.1, 0.15) is 33.4 Å². The number of likely N-dealkylation sites (N-methyl/N-ethyl adjacent to an activating group) is 1. The van der Waals surface area contributed by atoms with Gasteiger partial charge in [-0.05, 0) is 71.8 Å². The third kappa shape index (κ3) is 5.16. The van der Waals surface area contributed by atoms with E-state index in [9.17, 15) is 9.59 Å². The molecule has 0 aliphatic carbocycles. The number of nitrogens with one attached hydrogen (secondary N) is 1. The molecular weight excluding hydrogens is 508 g/mol. The molecule has 2 amide bonds. The number of ether oxygens (including phenoxy) is 4. The van der Waals surface area contributed by atoms with Gasteiger partial charge in [-0.25, -0.2) is 0 Å². The van der Waals surface area contributed by atoms with Crippen LogP contribution in [0.5, 0.6) is 28.7 Å². The minimum atomic E-state index is -0.744. The number of methoxy groups -OCH3 is 3. The molecule has 4 aromatic rings. The standard InChI is InChI=1S/C32H30N2O6/c1-34-30(20-10-14-22(37-2)15-11-20)29(25-18-27(38-3)28(39-4)19-26(25)32(34)36)31(35)33-21-12-16-24(17-13-21)40-23-8-6-5-7-9-23/h5-19,29-30H,1-4H3,(H,33,35). The average Bonchev–Trinajstić information content (AvgIpc) is 2.99. The summed E-state index contributed by atoms with van der Waals surface area (Å²) < 4.78 is 22.2. The lowest BCUT2D eigenvalue weighted by Crippen LogP contribution is -2.44. The van der Waals surface area contributed by atoms with Crippen molar-refractivity contribution in [2.24, 2.45) is 0 Å². The molecule has 5 rings (SSSR count). The van der Waals surface area contributed by atoms with Crippen LogP contribution in [0.15, 0.2) is 91.0 Å². The third-order valence-electron chi connectivity index (χ3n) is 7.02. The summed E-state index contributed by atoms with van der Waals surface area (Å²) in [6.07, 6.45) is 0. The molecule has 0 spiro atoms. The Morgan fingerprint density at radius 2 is 1.35 bits per heavy atom. The van der Waals surface area contributed by atoms with Crippen molar-refractivity contribution in [3.05, 3.63) is 108 Å². The minimum absolute atomic E-state index is 0.219. The summed E-state index contributed by atoms with van der Waals surface area (Å²) in [5, 5.41) is 3.04. The largest absolute Gasteiger partial charge is 0.497 e. The van der Waals surface area contributed by atoms with Crippen LogP contribution >= 0.6 is 0 Å². The van der Waals surface area contributed by atoms with Crippen LogP contribution in [0.2, 0.25) is 0 Å². The highest BCUT2D eigenvalue weighted by Crippen LogP contribution is 2.46. The maximum atomic E-state index is 14.0. The van der Waals surface area contributed by atoms with Gasteiger partial charge in [-0.15, -0.1) is 0 Å². The fourth-order valence-electron chi connectivity index (χ4n) is 5.00. The molecule has 0 fully saturated rings. The predicted octanol–water partition coefficient (Wildman–Crippen LogP) is 6.05. The van der Waals surface area contributed by atoms with Crippen molar-refractivity contribution in [2.75, 3.05) is 33.7 Å². The van der Waals surface area contributed by atoms with Gasteiger partial charge in [-0.2, -0.15) is 0 Å². The van der Waals surface area contributed by atoms with E-state index in [2.05, 4.69) is 5.32 Å². The van der Waals surface area contributed by atoms with E-state index in [1.165, 1.54) is 14.2 Å². The van der Waals surface area contributed by atoms with Crippen molar-refractivity contribution in [3.63, 3.8) is 0 Å². The van der Waals surface area contributed by atoms with Gasteiger partial charge in [0.2, 0.25) is 5.91 Å². The number of hydrogen-bond donors (Lipinski definition) is 1. The number of amides is 2. The summed E-state index contributed by atoms with van der Waals surface area (Å²) >= 11 is 0. The first-order valence-corrected chi connectivity index (χ1v) is 12.7. The minimum Gasteiger partial charge on any atom is -0.497 e. The van der Waals surface area contributed by atoms with Gasteiger partial charge in [0.15, 0.2) is 11.5 Å². The second-order valence-electron chi connectivity index (χ2n) is 9.33. The molecule has 2 atom stereocenters. The Morgan fingerprint density at radius 1 is 0.750 bits per heavy atom. The molecule has 1 N–H and O–H groups in total. The summed E-state index contributed by atoms with van der Waals surface area (Å²) in [7, 11) is 6.33. The summed E-state index contributed by atoms with van der Waals surface area (Å²) in [4.78, 5) is 29.2. The summed E-state index contributed by atoms with van der Waals surface area (Å²) in [5.74, 6) is 1.66. The molecule has 204 valence electrons. The monoisotopic (exact) mass is 538 g/mol. The first-order valence-electron chi connectivity index (χ1n) is 12.7. The second kappa shape index (κ2) is 11.4. The quantitative estimate of drug-likeness (QED) is 0.294. The maximum absolute atomic E-state index is 14.0. The van der Waals surface area contributed by atoms with Crippen molar-refractivity contribution in [3.8, 4) is 28.7 Å². The first-order chi connectivity index (χ1) is 19.4. The molecule has 0 saturated heterocycles. The molecule has 8 nitrogen and oxygen atoms in total. The number of carbonyl (C=O) groups is 2. The molecule has 2 unspecified atom stereocenters. The lowest BCUT2D eigenvalue weighted by molar-refractivity contribution is -0.119. The van der Waals surface area contributed by atoms with Gasteiger partial charge >= 0.3 is 0 Å². The Morgan fingerprint density at radius 3 is 1.98 bits per heavy atom. The van der Waals surface area contributed by atoms with E-state index in [1.807, 2.05) is 54.6 Å². The predicted molar refractivity (Wildman–Crippen MR) is 152 cm³/mol. The molecule has 0 bridgehead atoms. The second-order valence-corrected chi connectivity index (χ2v) is 9.33. The average molecular weight is 539 g/mol. The Kier molecular flexibility index (Phi) is 7.59. The van der Waals surface area contributed by atoms with Crippen LogP contribution in [0, 0.1) is 0 Å².